The first kappa shape index (κ1) is 9.01. The summed E-state index contributed by atoms with van der Waals surface area (Å²) in [6.07, 6.45) is 2.68. The van der Waals surface area contributed by atoms with Crippen molar-refractivity contribution in [3.8, 4) is 0 Å². The van der Waals surface area contributed by atoms with Crippen molar-refractivity contribution in [1.82, 2.24) is 0 Å². The molecule has 0 spiro atoms. The predicted octanol–water partition coefficient (Wildman–Crippen LogP) is 1.25. The Labute approximate surface area is 69.1 Å². The minimum absolute atomic E-state index is 0.697. The van der Waals surface area contributed by atoms with Crippen molar-refractivity contribution in [2.45, 2.75) is 19.8 Å². The molecule has 0 aromatic rings. The molecule has 3 atom stereocenters. The lowest BCUT2D eigenvalue weighted by Crippen LogP contribution is -2.37. The Morgan fingerprint density at radius 1 is 1.55 bits per heavy atom. The maximum atomic E-state index is 5.62. The Morgan fingerprint density at radius 3 is 2.64 bits per heavy atom. The van der Waals surface area contributed by atoms with Gasteiger partial charge in [0.25, 0.3) is 0 Å². The summed E-state index contributed by atoms with van der Waals surface area (Å²) in [6.45, 7) is 4.01. The van der Waals surface area contributed by atoms with Crippen molar-refractivity contribution in [2.75, 3.05) is 20.3 Å². The van der Waals surface area contributed by atoms with E-state index in [1.54, 1.807) is 7.11 Å². The highest BCUT2D eigenvalue weighted by molar-refractivity contribution is 4.84. The van der Waals surface area contributed by atoms with E-state index in [9.17, 15) is 0 Å². The summed E-state index contributed by atoms with van der Waals surface area (Å²) >= 11 is 0. The fraction of sp³-hybridized carbons (Fsp3) is 1.00. The second-order valence-corrected chi connectivity index (χ2v) is 3.67. The molecule has 66 valence electrons. The molecule has 0 saturated heterocycles. The molecule has 3 unspecified atom stereocenters. The SMILES string of the molecule is COCC(C)C1CCC1CN. The third-order valence-corrected chi connectivity index (χ3v) is 2.94. The van der Waals surface area contributed by atoms with Crippen LogP contribution in [0, 0.1) is 17.8 Å². The molecule has 11 heavy (non-hydrogen) atoms. The van der Waals surface area contributed by atoms with Crippen LogP contribution in [-0.4, -0.2) is 20.3 Å². The van der Waals surface area contributed by atoms with Gasteiger partial charge in [-0.05, 0) is 37.1 Å². The standard InChI is InChI=1S/C9H19NO/c1-7(6-11-2)9-4-3-8(9)5-10/h7-9H,3-6,10H2,1-2H3. The van der Waals surface area contributed by atoms with Crippen molar-refractivity contribution >= 4 is 0 Å². The van der Waals surface area contributed by atoms with Gasteiger partial charge in [0.05, 0.1) is 0 Å². The molecular weight excluding hydrogens is 138 g/mol. The van der Waals surface area contributed by atoms with E-state index < -0.39 is 0 Å². The third kappa shape index (κ3) is 1.94. The van der Waals surface area contributed by atoms with Gasteiger partial charge in [-0.3, -0.25) is 0 Å². The van der Waals surface area contributed by atoms with Crippen molar-refractivity contribution in [1.29, 1.82) is 0 Å². The number of hydrogen-bond donors (Lipinski definition) is 1. The Hall–Kier alpha value is -0.0800. The van der Waals surface area contributed by atoms with Crippen LogP contribution in [0.1, 0.15) is 19.8 Å². The van der Waals surface area contributed by atoms with Crippen molar-refractivity contribution in [3.63, 3.8) is 0 Å². The largest absolute Gasteiger partial charge is 0.384 e. The first-order chi connectivity index (χ1) is 5.29. The fourth-order valence-corrected chi connectivity index (χ4v) is 2.02. The second-order valence-electron chi connectivity index (χ2n) is 3.67. The van der Waals surface area contributed by atoms with E-state index in [1.165, 1.54) is 12.8 Å². The summed E-state index contributed by atoms with van der Waals surface area (Å²) in [5.74, 6) is 2.31. The van der Waals surface area contributed by atoms with Gasteiger partial charge in [-0.1, -0.05) is 6.92 Å². The van der Waals surface area contributed by atoms with Crippen LogP contribution in [-0.2, 0) is 4.74 Å². The van der Waals surface area contributed by atoms with Gasteiger partial charge in [-0.15, -0.1) is 0 Å². The van der Waals surface area contributed by atoms with Gasteiger partial charge in [0, 0.05) is 13.7 Å². The van der Waals surface area contributed by atoms with Gasteiger partial charge in [-0.25, -0.2) is 0 Å². The number of nitrogens with two attached hydrogens (primary N) is 1. The van der Waals surface area contributed by atoms with Crippen molar-refractivity contribution < 1.29 is 4.74 Å². The molecule has 0 aliphatic heterocycles. The topological polar surface area (TPSA) is 35.2 Å². The molecular formula is C9H19NO. The molecule has 1 rings (SSSR count). The summed E-state index contributed by atoms with van der Waals surface area (Å²) < 4.78 is 5.11. The Kier molecular flexibility index (Phi) is 3.34. The zero-order valence-corrected chi connectivity index (χ0v) is 7.55. The highest BCUT2D eigenvalue weighted by atomic mass is 16.5. The van der Waals surface area contributed by atoms with Crippen LogP contribution in [0.2, 0.25) is 0 Å². The zero-order chi connectivity index (χ0) is 8.27. The quantitative estimate of drug-likeness (QED) is 0.666. The third-order valence-electron chi connectivity index (χ3n) is 2.94. The molecule has 0 bridgehead atoms. The van der Waals surface area contributed by atoms with E-state index in [2.05, 4.69) is 6.92 Å². The van der Waals surface area contributed by atoms with Crippen LogP contribution >= 0.6 is 0 Å². The first-order valence-corrected chi connectivity index (χ1v) is 4.48. The first-order valence-electron chi connectivity index (χ1n) is 4.48. The summed E-state index contributed by atoms with van der Waals surface area (Å²) in [7, 11) is 1.77. The lowest BCUT2D eigenvalue weighted by molar-refractivity contribution is 0.0558. The average molecular weight is 157 g/mol. The van der Waals surface area contributed by atoms with Gasteiger partial charge in [-0.2, -0.15) is 0 Å². The summed E-state index contributed by atoms with van der Waals surface area (Å²) in [5.41, 5.74) is 5.62. The summed E-state index contributed by atoms with van der Waals surface area (Å²) in [4.78, 5) is 0. The monoisotopic (exact) mass is 157 g/mol. The molecule has 2 heteroatoms. The molecule has 1 aliphatic rings. The minimum Gasteiger partial charge on any atom is -0.384 e. The van der Waals surface area contributed by atoms with Crippen LogP contribution in [0.4, 0.5) is 0 Å². The molecule has 0 amide bonds. The maximum Gasteiger partial charge on any atom is 0.0490 e. The van der Waals surface area contributed by atoms with Gasteiger partial charge in [0.15, 0.2) is 0 Å². The van der Waals surface area contributed by atoms with E-state index in [1.807, 2.05) is 0 Å². The highest BCUT2D eigenvalue weighted by Gasteiger charge is 2.33. The molecule has 0 radical (unpaired) electrons. The van der Waals surface area contributed by atoms with E-state index >= 15 is 0 Å². The molecule has 1 fully saturated rings. The minimum atomic E-state index is 0.697. The van der Waals surface area contributed by atoms with Crippen LogP contribution in [0.25, 0.3) is 0 Å². The molecule has 0 aromatic heterocycles. The molecule has 0 heterocycles. The Bertz CT molecular complexity index is 114. The number of rotatable bonds is 4. The van der Waals surface area contributed by atoms with E-state index in [0.29, 0.717) is 5.92 Å². The fourth-order valence-electron chi connectivity index (χ4n) is 2.02. The van der Waals surface area contributed by atoms with E-state index in [4.69, 9.17) is 10.5 Å². The Balaban J connectivity index is 2.24. The lowest BCUT2D eigenvalue weighted by atomic mass is 9.68. The maximum absolute atomic E-state index is 5.62. The number of ether oxygens (including phenoxy) is 1. The van der Waals surface area contributed by atoms with Gasteiger partial charge in [0.2, 0.25) is 0 Å². The van der Waals surface area contributed by atoms with Crippen LogP contribution in [0.3, 0.4) is 0 Å². The number of methoxy groups -OCH3 is 1. The molecule has 2 N–H and O–H groups in total. The molecule has 2 nitrogen and oxygen atoms in total. The van der Waals surface area contributed by atoms with Crippen molar-refractivity contribution in [3.05, 3.63) is 0 Å². The van der Waals surface area contributed by atoms with Gasteiger partial charge < -0.3 is 10.5 Å². The molecule has 1 saturated carbocycles. The van der Waals surface area contributed by atoms with Crippen LogP contribution in [0.15, 0.2) is 0 Å². The highest BCUT2D eigenvalue weighted by Crippen LogP contribution is 2.38. The zero-order valence-electron chi connectivity index (χ0n) is 7.55. The number of hydrogen-bond acceptors (Lipinski definition) is 2. The van der Waals surface area contributed by atoms with E-state index in [0.717, 1.165) is 25.0 Å². The molecule has 1 aliphatic carbocycles. The normalized spacial score (nSPS) is 33.0. The summed E-state index contributed by atoms with van der Waals surface area (Å²) in [6, 6.07) is 0. The lowest BCUT2D eigenvalue weighted by Gasteiger charge is -2.39. The average Bonchev–Trinajstić information content (AvgIpc) is 1.86. The van der Waals surface area contributed by atoms with E-state index in [-0.39, 0.29) is 0 Å². The summed E-state index contributed by atoms with van der Waals surface area (Å²) in [5, 5.41) is 0. The van der Waals surface area contributed by atoms with Gasteiger partial charge in [0.1, 0.15) is 0 Å². The van der Waals surface area contributed by atoms with Gasteiger partial charge >= 0.3 is 0 Å². The van der Waals surface area contributed by atoms with Crippen LogP contribution in [0.5, 0.6) is 0 Å². The second kappa shape index (κ2) is 4.07. The predicted molar refractivity (Wildman–Crippen MR) is 46.3 cm³/mol. The smallest absolute Gasteiger partial charge is 0.0490 e. The van der Waals surface area contributed by atoms with Crippen LogP contribution < -0.4 is 5.73 Å². The molecule has 0 aromatic carbocycles. The van der Waals surface area contributed by atoms with Crippen molar-refractivity contribution in [2.24, 2.45) is 23.5 Å². The Morgan fingerprint density at radius 2 is 2.27 bits per heavy atom.